The summed E-state index contributed by atoms with van der Waals surface area (Å²) in [7, 11) is 0. The molecule has 0 aromatic carbocycles. The molecule has 1 atom stereocenters. The van der Waals surface area contributed by atoms with E-state index in [4.69, 9.17) is 0 Å². The van der Waals surface area contributed by atoms with Crippen LogP contribution in [0.25, 0.3) is 0 Å². The van der Waals surface area contributed by atoms with Crippen LogP contribution in [0.15, 0.2) is 12.1 Å². The molecule has 1 aromatic rings. The van der Waals surface area contributed by atoms with Crippen LogP contribution in [-0.4, -0.2) is 35.9 Å². The van der Waals surface area contributed by atoms with Gasteiger partial charge in [0.15, 0.2) is 5.82 Å². The van der Waals surface area contributed by atoms with E-state index in [1.807, 2.05) is 19.1 Å². The zero-order valence-electron chi connectivity index (χ0n) is 9.10. The number of hydrogen-bond donors (Lipinski definition) is 1. The molecule has 1 aromatic heterocycles. The number of halogens is 1. The summed E-state index contributed by atoms with van der Waals surface area (Å²) in [6.07, 6.45) is 0. The van der Waals surface area contributed by atoms with Crippen molar-refractivity contribution >= 4 is 18.2 Å². The Balaban J connectivity index is 0.00000112. The summed E-state index contributed by atoms with van der Waals surface area (Å²) >= 11 is 0. The van der Waals surface area contributed by atoms with Crippen LogP contribution < -0.4 is 10.2 Å². The van der Waals surface area contributed by atoms with Crippen molar-refractivity contribution in [2.24, 2.45) is 0 Å². The third-order valence-corrected chi connectivity index (χ3v) is 2.58. The molecule has 1 saturated heterocycles. The Labute approximate surface area is 96.5 Å². The van der Waals surface area contributed by atoms with Crippen LogP contribution in [0.4, 0.5) is 5.82 Å². The van der Waals surface area contributed by atoms with Crippen molar-refractivity contribution in [3.8, 4) is 0 Å². The Kier molecular flexibility index (Phi) is 4.29. The molecule has 84 valence electrons. The van der Waals surface area contributed by atoms with Gasteiger partial charge in [0.1, 0.15) is 0 Å². The third-order valence-electron chi connectivity index (χ3n) is 2.58. The number of rotatable bonds is 1. The summed E-state index contributed by atoms with van der Waals surface area (Å²) in [4.78, 5) is 2.29. The van der Waals surface area contributed by atoms with E-state index in [9.17, 15) is 0 Å². The second kappa shape index (κ2) is 5.28. The molecule has 1 fully saturated rings. The van der Waals surface area contributed by atoms with E-state index in [-0.39, 0.29) is 12.4 Å². The van der Waals surface area contributed by atoms with Crippen molar-refractivity contribution in [2.75, 3.05) is 24.5 Å². The SMILES string of the molecule is Cc1ccc(N2CCNCC2C)nn1.Cl. The van der Waals surface area contributed by atoms with Gasteiger partial charge >= 0.3 is 0 Å². The van der Waals surface area contributed by atoms with Gasteiger partial charge in [0.05, 0.1) is 5.69 Å². The molecule has 0 saturated carbocycles. The first-order valence-corrected chi connectivity index (χ1v) is 5.05. The van der Waals surface area contributed by atoms with Crippen molar-refractivity contribution in [3.63, 3.8) is 0 Å². The lowest BCUT2D eigenvalue weighted by molar-refractivity contribution is 0.495. The van der Waals surface area contributed by atoms with E-state index in [1.54, 1.807) is 0 Å². The Morgan fingerprint density at radius 2 is 2.20 bits per heavy atom. The predicted molar refractivity (Wildman–Crippen MR) is 63.7 cm³/mol. The van der Waals surface area contributed by atoms with E-state index in [2.05, 4.69) is 27.3 Å². The minimum atomic E-state index is 0. The molecule has 0 bridgehead atoms. The summed E-state index contributed by atoms with van der Waals surface area (Å²) in [5.74, 6) is 0.990. The van der Waals surface area contributed by atoms with Gasteiger partial charge in [-0.3, -0.25) is 0 Å². The van der Waals surface area contributed by atoms with Crippen molar-refractivity contribution in [1.82, 2.24) is 15.5 Å². The van der Waals surface area contributed by atoms with Crippen LogP contribution in [-0.2, 0) is 0 Å². The minimum absolute atomic E-state index is 0. The van der Waals surface area contributed by atoms with Gasteiger partial charge < -0.3 is 10.2 Å². The highest BCUT2D eigenvalue weighted by molar-refractivity contribution is 5.85. The van der Waals surface area contributed by atoms with E-state index in [1.165, 1.54) is 0 Å². The zero-order valence-corrected chi connectivity index (χ0v) is 9.92. The number of piperazine rings is 1. The molecule has 4 nitrogen and oxygen atoms in total. The van der Waals surface area contributed by atoms with Crippen LogP contribution in [0.5, 0.6) is 0 Å². The van der Waals surface area contributed by atoms with Crippen LogP contribution in [0.1, 0.15) is 12.6 Å². The minimum Gasteiger partial charge on any atom is -0.350 e. The fraction of sp³-hybridized carbons (Fsp3) is 0.600. The van der Waals surface area contributed by atoms with Gasteiger partial charge in [-0.15, -0.1) is 17.5 Å². The molecule has 5 heteroatoms. The first kappa shape index (κ1) is 12.2. The van der Waals surface area contributed by atoms with Gasteiger partial charge in [-0.1, -0.05) is 0 Å². The molecule has 0 amide bonds. The smallest absolute Gasteiger partial charge is 0.151 e. The van der Waals surface area contributed by atoms with Crippen LogP contribution in [0.2, 0.25) is 0 Å². The van der Waals surface area contributed by atoms with E-state index < -0.39 is 0 Å². The Morgan fingerprint density at radius 1 is 1.40 bits per heavy atom. The maximum Gasteiger partial charge on any atom is 0.151 e. The number of hydrogen-bond acceptors (Lipinski definition) is 4. The van der Waals surface area contributed by atoms with Crippen LogP contribution in [0, 0.1) is 6.92 Å². The van der Waals surface area contributed by atoms with Gasteiger partial charge in [-0.05, 0) is 26.0 Å². The van der Waals surface area contributed by atoms with Gasteiger partial charge in [0.25, 0.3) is 0 Å². The molecule has 1 unspecified atom stereocenters. The second-order valence-corrected chi connectivity index (χ2v) is 3.78. The molecule has 0 aliphatic carbocycles. The first-order chi connectivity index (χ1) is 6.77. The molecule has 1 N–H and O–H groups in total. The zero-order chi connectivity index (χ0) is 9.97. The maximum absolute atomic E-state index is 4.20. The monoisotopic (exact) mass is 228 g/mol. The van der Waals surface area contributed by atoms with Gasteiger partial charge in [-0.25, -0.2) is 0 Å². The molecule has 2 rings (SSSR count). The molecule has 1 aliphatic rings. The largest absolute Gasteiger partial charge is 0.350 e. The Bertz CT molecular complexity index is 301. The normalized spacial score (nSPS) is 20.9. The fourth-order valence-corrected chi connectivity index (χ4v) is 1.73. The van der Waals surface area contributed by atoms with Crippen molar-refractivity contribution < 1.29 is 0 Å². The van der Waals surface area contributed by atoms with Crippen molar-refractivity contribution in [2.45, 2.75) is 19.9 Å². The summed E-state index contributed by atoms with van der Waals surface area (Å²) in [6.45, 7) is 7.22. The average Bonchev–Trinajstić information content (AvgIpc) is 2.20. The molecular formula is C10H17ClN4. The third kappa shape index (κ3) is 2.79. The molecule has 0 spiro atoms. The highest BCUT2D eigenvalue weighted by Crippen LogP contribution is 2.13. The number of nitrogens with zero attached hydrogens (tertiary/aromatic N) is 3. The van der Waals surface area contributed by atoms with E-state index in [0.29, 0.717) is 6.04 Å². The lowest BCUT2D eigenvalue weighted by Gasteiger charge is -2.34. The highest BCUT2D eigenvalue weighted by Gasteiger charge is 2.18. The molecule has 15 heavy (non-hydrogen) atoms. The standard InChI is InChI=1S/C10H16N4.ClH/c1-8-3-4-10(13-12-8)14-6-5-11-7-9(14)2;/h3-4,9,11H,5-7H2,1-2H3;1H. The maximum atomic E-state index is 4.20. The van der Waals surface area contributed by atoms with Gasteiger partial charge in [0.2, 0.25) is 0 Å². The Morgan fingerprint density at radius 3 is 2.80 bits per heavy atom. The molecule has 1 aliphatic heterocycles. The summed E-state index contributed by atoms with van der Waals surface area (Å²) in [5, 5.41) is 11.6. The molecule has 2 heterocycles. The predicted octanol–water partition coefficient (Wildman–Crippen LogP) is 1.00. The number of anilines is 1. The summed E-state index contributed by atoms with van der Waals surface area (Å²) < 4.78 is 0. The van der Waals surface area contributed by atoms with E-state index in [0.717, 1.165) is 31.1 Å². The number of aromatic nitrogens is 2. The van der Waals surface area contributed by atoms with Crippen LogP contribution in [0.3, 0.4) is 0 Å². The summed E-state index contributed by atoms with van der Waals surface area (Å²) in [6, 6.07) is 4.56. The van der Waals surface area contributed by atoms with Crippen molar-refractivity contribution in [1.29, 1.82) is 0 Å². The molecule has 0 radical (unpaired) electrons. The average molecular weight is 229 g/mol. The van der Waals surface area contributed by atoms with Crippen molar-refractivity contribution in [3.05, 3.63) is 17.8 Å². The van der Waals surface area contributed by atoms with Gasteiger partial charge in [0, 0.05) is 25.7 Å². The van der Waals surface area contributed by atoms with E-state index >= 15 is 0 Å². The fourth-order valence-electron chi connectivity index (χ4n) is 1.73. The highest BCUT2D eigenvalue weighted by atomic mass is 35.5. The topological polar surface area (TPSA) is 41.0 Å². The first-order valence-electron chi connectivity index (χ1n) is 5.05. The van der Waals surface area contributed by atoms with Crippen LogP contribution >= 0.6 is 12.4 Å². The Hall–Kier alpha value is -0.870. The summed E-state index contributed by atoms with van der Waals surface area (Å²) in [5.41, 5.74) is 0.969. The number of nitrogens with one attached hydrogen (secondary N) is 1. The quantitative estimate of drug-likeness (QED) is 0.779. The molecular weight excluding hydrogens is 212 g/mol. The number of aryl methyl sites for hydroxylation is 1. The lowest BCUT2D eigenvalue weighted by Crippen LogP contribution is -2.50. The van der Waals surface area contributed by atoms with Gasteiger partial charge in [-0.2, -0.15) is 5.10 Å². The second-order valence-electron chi connectivity index (χ2n) is 3.78. The lowest BCUT2D eigenvalue weighted by atomic mass is 10.2.